The lowest BCUT2D eigenvalue weighted by Crippen LogP contribution is -2.09. The third-order valence-corrected chi connectivity index (χ3v) is 4.00. The van der Waals surface area contributed by atoms with Crippen LogP contribution < -0.4 is 11.3 Å². The second kappa shape index (κ2) is 5.44. The number of benzene rings is 1. The molecule has 4 nitrogen and oxygen atoms in total. The molecule has 0 unspecified atom stereocenters. The van der Waals surface area contributed by atoms with Crippen molar-refractivity contribution < 1.29 is 4.39 Å². The van der Waals surface area contributed by atoms with Gasteiger partial charge in [-0.2, -0.15) is 0 Å². The fourth-order valence-corrected chi connectivity index (χ4v) is 2.53. The molecule has 0 saturated carbocycles. The number of nitrogens with two attached hydrogens (primary N) is 1. The van der Waals surface area contributed by atoms with Gasteiger partial charge in [0.1, 0.15) is 17.2 Å². The second-order valence-electron chi connectivity index (χ2n) is 3.02. The lowest BCUT2D eigenvalue weighted by Gasteiger charge is -2.07. The van der Waals surface area contributed by atoms with Crippen LogP contribution in [0.4, 0.5) is 10.2 Å². The van der Waals surface area contributed by atoms with E-state index in [1.807, 2.05) is 0 Å². The third kappa shape index (κ3) is 2.74. The summed E-state index contributed by atoms with van der Waals surface area (Å²) in [6, 6.07) is 6.49. The second-order valence-corrected chi connectivity index (χ2v) is 4.84. The number of nitrogens with one attached hydrogen (secondary N) is 1. The standard InChI is InChI=1S/C10H8BrFN4S/c11-8-9(16-13)14-5-15-10(8)17-7-4-2-1-3-6(7)12/h1-5H,13H2,(H,14,15,16). The zero-order valence-corrected chi connectivity index (χ0v) is 10.9. The largest absolute Gasteiger partial charge is 0.307 e. The number of rotatable bonds is 3. The highest BCUT2D eigenvalue weighted by Gasteiger charge is 2.11. The molecule has 2 aromatic rings. The molecule has 0 atom stereocenters. The van der Waals surface area contributed by atoms with Gasteiger partial charge in [0.05, 0.1) is 4.47 Å². The average Bonchev–Trinajstić information content (AvgIpc) is 2.34. The van der Waals surface area contributed by atoms with E-state index in [0.717, 1.165) is 0 Å². The predicted molar refractivity (Wildman–Crippen MR) is 68.1 cm³/mol. The average molecular weight is 315 g/mol. The van der Waals surface area contributed by atoms with E-state index in [1.165, 1.54) is 24.2 Å². The maximum Gasteiger partial charge on any atom is 0.158 e. The molecule has 2 rings (SSSR count). The molecular formula is C10H8BrFN4S. The molecule has 1 aromatic carbocycles. The molecule has 3 N–H and O–H groups in total. The Morgan fingerprint density at radius 1 is 1.29 bits per heavy atom. The van der Waals surface area contributed by atoms with Gasteiger partial charge >= 0.3 is 0 Å². The minimum atomic E-state index is -0.287. The van der Waals surface area contributed by atoms with Gasteiger partial charge in [0.15, 0.2) is 5.82 Å². The molecule has 0 saturated heterocycles. The fraction of sp³-hybridized carbons (Fsp3) is 0. The lowest BCUT2D eigenvalue weighted by molar-refractivity contribution is 0.602. The van der Waals surface area contributed by atoms with Gasteiger partial charge in [0.2, 0.25) is 0 Å². The van der Waals surface area contributed by atoms with Crippen LogP contribution in [0.1, 0.15) is 0 Å². The maximum atomic E-state index is 13.5. The fourth-order valence-electron chi connectivity index (χ4n) is 1.16. The van der Waals surface area contributed by atoms with Crippen LogP contribution in [0.15, 0.2) is 45.0 Å². The van der Waals surface area contributed by atoms with Gasteiger partial charge in [-0.3, -0.25) is 0 Å². The van der Waals surface area contributed by atoms with Crippen molar-refractivity contribution >= 4 is 33.5 Å². The molecular weight excluding hydrogens is 307 g/mol. The van der Waals surface area contributed by atoms with Gasteiger partial charge in [0, 0.05) is 4.90 Å². The molecule has 0 fully saturated rings. The van der Waals surface area contributed by atoms with Gasteiger partial charge < -0.3 is 5.43 Å². The van der Waals surface area contributed by atoms with Gasteiger partial charge in [-0.1, -0.05) is 23.9 Å². The van der Waals surface area contributed by atoms with Crippen LogP contribution in [0.2, 0.25) is 0 Å². The van der Waals surface area contributed by atoms with Crippen molar-refractivity contribution in [2.24, 2.45) is 5.84 Å². The van der Waals surface area contributed by atoms with Crippen LogP contribution in [0.3, 0.4) is 0 Å². The maximum absolute atomic E-state index is 13.5. The van der Waals surface area contributed by atoms with E-state index in [9.17, 15) is 4.39 Å². The van der Waals surface area contributed by atoms with Crippen LogP contribution in [-0.4, -0.2) is 9.97 Å². The first-order valence-electron chi connectivity index (χ1n) is 4.62. The molecule has 0 spiro atoms. The number of halogens is 2. The van der Waals surface area contributed by atoms with Crippen LogP contribution in [-0.2, 0) is 0 Å². The molecule has 0 aliphatic carbocycles. The van der Waals surface area contributed by atoms with E-state index in [2.05, 4.69) is 31.3 Å². The minimum Gasteiger partial charge on any atom is -0.307 e. The first kappa shape index (κ1) is 12.3. The van der Waals surface area contributed by atoms with Crippen molar-refractivity contribution in [2.45, 2.75) is 9.92 Å². The summed E-state index contributed by atoms with van der Waals surface area (Å²) < 4.78 is 14.1. The summed E-state index contributed by atoms with van der Waals surface area (Å²) in [5.74, 6) is 5.46. The summed E-state index contributed by atoms with van der Waals surface area (Å²) in [5.41, 5.74) is 2.43. The number of nitrogens with zero attached hydrogens (tertiary/aromatic N) is 2. The van der Waals surface area contributed by atoms with Crippen molar-refractivity contribution in [1.29, 1.82) is 0 Å². The number of hydrazine groups is 1. The highest BCUT2D eigenvalue weighted by molar-refractivity contribution is 9.10. The molecule has 1 heterocycles. The summed E-state index contributed by atoms with van der Waals surface area (Å²) >= 11 is 4.51. The molecule has 0 aliphatic rings. The Hall–Kier alpha value is -1.18. The Morgan fingerprint density at radius 2 is 2.06 bits per heavy atom. The van der Waals surface area contributed by atoms with E-state index in [0.29, 0.717) is 20.2 Å². The monoisotopic (exact) mass is 314 g/mol. The quantitative estimate of drug-likeness (QED) is 0.518. The Bertz CT molecular complexity index is 537. The first-order chi connectivity index (χ1) is 8.22. The number of nitrogen functional groups attached to an aromatic ring is 1. The topological polar surface area (TPSA) is 63.8 Å². The van der Waals surface area contributed by atoms with Crippen molar-refractivity contribution in [1.82, 2.24) is 9.97 Å². The SMILES string of the molecule is NNc1ncnc(Sc2ccccc2F)c1Br. The number of anilines is 1. The Labute approximate surface area is 110 Å². The van der Waals surface area contributed by atoms with Crippen LogP contribution >= 0.6 is 27.7 Å². The summed E-state index contributed by atoms with van der Waals surface area (Å²) in [4.78, 5) is 8.48. The molecule has 0 radical (unpaired) electrons. The van der Waals surface area contributed by atoms with E-state index in [1.54, 1.807) is 18.2 Å². The van der Waals surface area contributed by atoms with Gasteiger partial charge in [-0.15, -0.1) is 0 Å². The van der Waals surface area contributed by atoms with Crippen molar-refractivity contribution in [3.63, 3.8) is 0 Å². The zero-order valence-electron chi connectivity index (χ0n) is 8.52. The molecule has 0 amide bonds. The van der Waals surface area contributed by atoms with Crippen molar-refractivity contribution in [3.05, 3.63) is 40.9 Å². The van der Waals surface area contributed by atoms with Gasteiger partial charge in [0.25, 0.3) is 0 Å². The number of aromatic nitrogens is 2. The van der Waals surface area contributed by atoms with E-state index in [-0.39, 0.29) is 5.82 Å². The van der Waals surface area contributed by atoms with E-state index in [4.69, 9.17) is 5.84 Å². The number of hydrogen-bond acceptors (Lipinski definition) is 5. The molecule has 1 aromatic heterocycles. The highest BCUT2D eigenvalue weighted by atomic mass is 79.9. The van der Waals surface area contributed by atoms with Crippen LogP contribution in [0.25, 0.3) is 0 Å². The van der Waals surface area contributed by atoms with Crippen LogP contribution in [0, 0.1) is 5.82 Å². The summed E-state index contributed by atoms with van der Waals surface area (Å²) in [5, 5.41) is 0.595. The molecule has 0 aliphatic heterocycles. The molecule has 7 heteroatoms. The summed E-state index contributed by atoms with van der Waals surface area (Å²) in [6.07, 6.45) is 1.36. The first-order valence-corrected chi connectivity index (χ1v) is 6.23. The van der Waals surface area contributed by atoms with Crippen LogP contribution in [0.5, 0.6) is 0 Å². The third-order valence-electron chi connectivity index (χ3n) is 1.94. The Balaban J connectivity index is 2.34. The predicted octanol–water partition coefficient (Wildman–Crippen LogP) is 2.82. The molecule has 17 heavy (non-hydrogen) atoms. The summed E-state index contributed by atoms with van der Waals surface area (Å²) in [7, 11) is 0. The zero-order chi connectivity index (χ0) is 12.3. The van der Waals surface area contributed by atoms with Gasteiger partial charge in [-0.05, 0) is 28.1 Å². The number of hydrogen-bond donors (Lipinski definition) is 2. The Kier molecular flexibility index (Phi) is 3.93. The molecule has 88 valence electrons. The normalized spacial score (nSPS) is 10.3. The summed E-state index contributed by atoms with van der Waals surface area (Å²) in [6.45, 7) is 0. The van der Waals surface area contributed by atoms with Gasteiger partial charge in [-0.25, -0.2) is 20.2 Å². The van der Waals surface area contributed by atoms with Crippen molar-refractivity contribution in [3.8, 4) is 0 Å². The molecule has 0 bridgehead atoms. The lowest BCUT2D eigenvalue weighted by atomic mass is 10.3. The Morgan fingerprint density at radius 3 is 2.76 bits per heavy atom. The van der Waals surface area contributed by atoms with E-state index < -0.39 is 0 Å². The van der Waals surface area contributed by atoms with Crippen molar-refractivity contribution in [2.75, 3.05) is 5.43 Å². The van der Waals surface area contributed by atoms with E-state index >= 15 is 0 Å². The highest BCUT2D eigenvalue weighted by Crippen LogP contribution is 2.35. The smallest absolute Gasteiger partial charge is 0.158 e. The minimum absolute atomic E-state index is 0.287.